The van der Waals surface area contributed by atoms with Crippen LogP contribution in [0.4, 0.5) is 0 Å². The Morgan fingerprint density at radius 1 is 1.37 bits per heavy atom. The number of thiocarbonyl (C=S) groups is 1. The molecule has 0 radical (unpaired) electrons. The lowest BCUT2D eigenvalue weighted by Crippen LogP contribution is -2.42. The lowest BCUT2D eigenvalue weighted by Gasteiger charge is -2.21. The van der Waals surface area contributed by atoms with Gasteiger partial charge in [0.1, 0.15) is 0 Å². The molecule has 0 amide bonds. The van der Waals surface area contributed by atoms with E-state index < -0.39 is 0 Å². The Labute approximate surface area is 125 Å². The van der Waals surface area contributed by atoms with Gasteiger partial charge in [-0.2, -0.15) is 0 Å². The predicted octanol–water partition coefficient (Wildman–Crippen LogP) is 4.25. The van der Waals surface area contributed by atoms with Gasteiger partial charge in [-0.05, 0) is 49.2 Å². The van der Waals surface area contributed by atoms with Crippen LogP contribution < -0.4 is 10.6 Å². The summed E-state index contributed by atoms with van der Waals surface area (Å²) in [6.07, 6.45) is 8.98. The van der Waals surface area contributed by atoms with Gasteiger partial charge in [0.2, 0.25) is 0 Å². The van der Waals surface area contributed by atoms with Gasteiger partial charge in [0.15, 0.2) is 5.11 Å². The van der Waals surface area contributed by atoms with E-state index in [1.165, 1.54) is 44.9 Å². The van der Waals surface area contributed by atoms with E-state index in [2.05, 4.69) is 38.3 Å². The van der Waals surface area contributed by atoms with Crippen molar-refractivity contribution in [3.05, 3.63) is 0 Å². The van der Waals surface area contributed by atoms with Crippen molar-refractivity contribution >= 4 is 17.3 Å². The summed E-state index contributed by atoms with van der Waals surface area (Å²) in [5, 5.41) is 7.77. The molecule has 0 aliphatic heterocycles. The Hall–Kier alpha value is -0.310. The van der Waals surface area contributed by atoms with Gasteiger partial charge in [0.05, 0.1) is 0 Å². The molecule has 0 aromatic heterocycles. The van der Waals surface area contributed by atoms with Gasteiger partial charge in [0, 0.05) is 12.6 Å². The van der Waals surface area contributed by atoms with Crippen LogP contribution in [0.1, 0.15) is 72.6 Å². The van der Waals surface area contributed by atoms with Crippen molar-refractivity contribution in [2.75, 3.05) is 6.54 Å². The van der Waals surface area contributed by atoms with Gasteiger partial charge >= 0.3 is 0 Å². The van der Waals surface area contributed by atoms with Crippen molar-refractivity contribution in [1.29, 1.82) is 0 Å². The highest BCUT2D eigenvalue weighted by Gasteiger charge is 2.31. The maximum absolute atomic E-state index is 5.42. The summed E-state index contributed by atoms with van der Waals surface area (Å²) in [5.41, 5.74) is 0.486. The molecule has 1 fully saturated rings. The SMILES string of the molecule is CCCCC(CC)CNC(=S)NC1CCC(C)(C)C1. The van der Waals surface area contributed by atoms with Gasteiger partial charge in [0.25, 0.3) is 0 Å². The van der Waals surface area contributed by atoms with Crippen molar-refractivity contribution in [3.63, 3.8) is 0 Å². The third-order valence-electron chi connectivity index (χ3n) is 4.40. The van der Waals surface area contributed by atoms with E-state index in [1.54, 1.807) is 0 Å². The highest BCUT2D eigenvalue weighted by Crippen LogP contribution is 2.36. The molecule has 3 heteroatoms. The fourth-order valence-electron chi connectivity index (χ4n) is 2.98. The lowest BCUT2D eigenvalue weighted by molar-refractivity contribution is 0.371. The maximum Gasteiger partial charge on any atom is 0.166 e. The molecule has 2 atom stereocenters. The predicted molar refractivity (Wildman–Crippen MR) is 88.5 cm³/mol. The Bertz CT molecular complexity index is 276. The molecule has 2 unspecified atom stereocenters. The minimum Gasteiger partial charge on any atom is -0.362 e. The number of hydrogen-bond acceptors (Lipinski definition) is 1. The highest BCUT2D eigenvalue weighted by atomic mass is 32.1. The zero-order valence-corrected chi connectivity index (χ0v) is 14.0. The molecule has 1 aliphatic carbocycles. The molecule has 1 rings (SSSR count). The van der Waals surface area contributed by atoms with E-state index >= 15 is 0 Å². The quantitative estimate of drug-likeness (QED) is 0.684. The molecule has 0 aromatic carbocycles. The van der Waals surface area contributed by atoms with Gasteiger partial charge in [-0.25, -0.2) is 0 Å². The molecule has 19 heavy (non-hydrogen) atoms. The Balaban J connectivity index is 2.20. The normalized spacial score (nSPS) is 23.1. The van der Waals surface area contributed by atoms with Crippen LogP contribution in [0.2, 0.25) is 0 Å². The van der Waals surface area contributed by atoms with E-state index in [0.29, 0.717) is 11.5 Å². The van der Waals surface area contributed by atoms with Crippen LogP contribution in [0.3, 0.4) is 0 Å². The standard InChI is InChI=1S/C16H32N2S/c1-5-7-8-13(6-2)12-17-15(19)18-14-9-10-16(3,4)11-14/h13-14H,5-12H2,1-4H3,(H2,17,18,19). The molecular weight excluding hydrogens is 252 g/mol. The Kier molecular flexibility index (Phi) is 7.12. The number of hydrogen-bond donors (Lipinski definition) is 2. The maximum atomic E-state index is 5.42. The van der Waals surface area contributed by atoms with Crippen LogP contribution in [-0.4, -0.2) is 17.7 Å². The topological polar surface area (TPSA) is 24.1 Å². The molecule has 2 N–H and O–H groups in total. The molecule has 0 saturated heterocycles. The molecular formula is C16H32N2S. The van der Waals surface area contributed by atoms with E-state index in [-0.39, 0.29) is 0 Å². The molecule has 0 spiro atoms. The number of unbranched alkanes of at least 4 members (excludes halogenated alkanes) is 1. The molecule has 1 aliphatic rings. The highest BCUT2D eigenvalue weighted by molar-refractivity contribution is 7.80. The molecule has 0 aromatic rings. The summed E-state index contributed by atoms with van der Waals surface area (Å²) in [4.78, 5) is 0. The third-order valence-corrected chi connectivity index (χ3v) is 4.66. The Morgan fingerprint density at radius 3 is 2.63 bits per heavy atom. The minimum absolute atomic E-state index is 0.486. The fourth-order valence-corrected chi connectivity index (χ4v) is 3.23. The van der Waals surface area contributed by atoms with Crippen LogP contribution in [-0.2, 0) is 0 Å². The minimum atomic E-state index is 0.486. The van der Waals surface area contributed by atoms with Crippen molar-refractivity contribution in [2.24, 2.45) is 11.3 Å². The summed E-state index contributed by atoms with van der Waals surface area (Å²) in [7, 11) is 0. The summed E-state index contributed by atoms with van der Waals surface area (Å²) >= 11 is 5.42. The van der Waals surface area contributed by atoms with Gasteiger partial charge < -0.3 is 10.6 Å². The van der Waals surface area contributed by atoms with Crippen LogP contribution in [0, 0.1) is 11.3 Å². The summed E-state index contributed by atoms with van der Waals surface area (Å²) < 4.78 is 0. The van der Waals surface area contributed by atoms with E-state index in [4.69, 9.17) is 12.2 Å². The first-order valence-corrected chi connectivity index (χ1v) is 8.42. The van der Waals surface area contributed by atoms with Crippen LogP contribution in [0.15, 0.2) is 0 Å². The third kappa shape index (κ3) is 6.60. The Morgan fingerprint density at radius 2 is 2.11 bits per heavy atom. The first-order chi connectivity index (χ1) is 8.96. The molecule has 0 heterocycles. The van der Waals surface area contributed by atoms with Gasteiger partial charge in [-0.15, -0.1) is 0 Å². The summed E-state index contributed by atoms with van der Waals surface area (Å²) in [5.74, 6) is 0.764. The van der Waals surface area contributed by atoms with E-state index in [0.717, 1.165) is 17.6 Å². The van der Waals surface area contributed by atoms with Crippen LogP contribution in [0.5, 0.6) is 0 Å². The number of rotatable bonds is 7. The molecule has 0 bridgehead atoms. The smallest absolute Gasteiger partial charge is 0.166 e. The largest absolute Gasteiger partial charge is 0.362 e. The average molecular weight is 285 g/mol. The second-order valence-corrected chi connectivity index (χ2v) is 7.28. The van der Waals surface area contributed by atoms with Crippen molar-refractivity contribution in [3.8, 4) is 0 Å². The van der Waals surface area contributed by atoms with E-state index in [1.807, 2.05) is 0 Å². The average Bonchev–Trinajstić information content (AvgIpc) is 2.69. The first kappa shape index (κ1) is 16.7. The summed E-state index contributed by atoms with van der Waals surface area (Å²) in [6, 6.07) is 0.575. The van der Waals surface area contributed by atoms with E-state index in [9.17, 15) is 0 Å². The zero-order chi connectivity index (χ0) is 14.3. The van der Waals surface area contributed by atoms with Gasteiger partial charge in [-0.3, -0.25) is 0 Å². The van der Waals surface area contributed by atoms with Gasteiger partial charge in [-0.1, -0.05) is 47.0 Å². The zero-order valence-electron chi connectivity index (χ0n) is 13.2. The first-order valence-electron chi connectivity index (χ1n) is 8.01. The second kappa shape index (κ2) is 8.08. The van der Waals surface area contributed by atoms with Crippen molar-refractivity contribution in [2.45, 2.75) is 78.7 Å². The second-order valence-electron chi connectivity index (χ2n) is 6.87. The van der Waals surface area contributed by atoms with Crippen LogP contribution in [0.25, 0.3) is 0 Å². The molecule has 1 saturated carbocycles. The summed E-state index contributed by atoms with van der Waals surface area (Å²) in [6.45, 7) is 10.3. The number of nitrogens with one attached hydrogen (secondary N) is 2. The van der Waals surface area contributed by atoms with Crippen molar-refractivity contribution < 1.29 is 0 Å². The fraction of sp³-hybridized carbons (Fsp3) is 0.938. The van der Waals surface area contributed by atoms with Crippen LogP contribution >= 0.6 is 12.2 Å². The molecule has 2 nitrogen and oxygen atoms in total. The van der Waals surface area contributed by atoms with Crippen molar-refractivity contribution in [1.82, 2.24) is 10.6 Å². The molecule has 112 valence electrons. The monoisotopic (exact) mass is 284 g/mol. The lowest BCUT2D eigenvalue weighted by atomic mass is 9.92.